The molecule has 0 aromatic carbocycles. The lowest BCUT2D eigenvalue weighted by molar-refractivity contribution is -0.137. The number of nitrogens with zero attached hydrogens (tertiary/aromatic N) is 2. The van der Waals surface area contributed by atoms with Crippen molar-refractivity contribution in [1.29, 1.82) is 0 Å². The number of anilines is 1. The molecule has 2 aromatic rings. The first-order valence-electron chi connectivity index (χ1n) is 5.90. The number of halogens is 3. The Kier molecular flexibility index (Phi) is 4.49. The molecule has 0 saturated heterocycles. The first kappa shape index (κ1) is 14.6. The molecule has 1 N–H and O–H groups in total. The van der Waals surface area contributed by atoms with Gasteiger partial charge in [0.1, 0.15) is 10.8 Å². The minimum absolute atomic E-state index is 0.221. The predicted octanol–water partition coefficient (Wildman–Crippen LogP) is 4.08. The van der Waals surface area contributed by atoms with Crippen LogP contribution in [-0.4, -0.2) is 16.5 Å². The van der Waals surface area contributed by atoms with E-state index in [1.165, 1.54) is 11.8 Å². The summed E-state index contributed by atoms with van der Waals surface area (Å²) >= 11 is 1.17. The van der Waals surface area contributed by atoms with E-state index in [1.54, 1.807) is 31.5 Å². The van der Waals surface area contributed by atoms with Crippen LogP contribution in [0, 0.1) is 0 Å². The average molecular weight is 299 g/mol. The summed E-state index contributed by atoms with van der Waals surface area (Å²) < 4.78 is 38.6. The molecule has 2 heterocycles. The van der Waals surface area contributed by atoms with E-state index in [9.17, 15) is 13.2 Å². The van der Waals surface area contributed by atoms with E-state index in [0.717, 1.165) is 17.0 Å². The quantitative estimate of drug-likeness (QED) is 0.923. The maximum Gasteiger partial charge on any atom is 0.416 e. The lowest BCUT2D eigenvalue weighted by atomic mass is 10.2. The SMILES string of the molecule is CCNc1cc(C(F)(F)F)cc(Sc2ccncc2)n1. The highest BCUT2D eigenvalue weighted by molar-refractivity contribution is 7.99. The fraction of sp³-hybridized carbons (Fsp3) is 0.231. The smallest absolute Gasteiger partial charge is 0.370 e. The zero-order valence-corrected chi connectivity index (χ0v) is 11.4. The third kappa shape index (κ3) is 3.86. The Hall–Kier alpha value is -1.76. The summed E-state index contributed by atoms with van der Waals surface area (Å²) in [5.74, 6) is 0.221. The second kappa shape index (κ2) is 6.13. The van der Waals surface area contributed by atoms with E-state index in [-0.39, 0.29) is 5.82 Å². The van der Waals surface area contributed by atoms with Crippen LogP contribution in [0.25, 0.3) is 0 Å². The number of alkyl halides is 3. The van der Waals surface area contributed by atoms with Crippen molar-refractivity contribution in [2.75, 3.05) is 11.9 Å². The molecule has 0 amide bonds. The van der Waals surface area contributed by atoms with Crippen LogP contribution < -0.4 is 5.32 Å². The van der Waals surface area contributed by atoms with Crippen molar-refractivity contribution in [3.63, 3.8) is 0 Å². The summed E-state index contributed by atoms with van der Waals surface area (Å²) in [5.41, 5.74) is -0.708. The molecule has 106 valence electrons. The number of nitrogens with one attached hydrogen (secondary N) is 1. The molecule has 0 saturated carbocycles. The van der Waals surface area contributed by atoms with Crippen molar-refractivity contribution in [2.24, 2.45) is 0 Å². The monoisotopic (exact) mass is 299 g/mol. The standard InChI is InChI=1S/C13H12F3N3S/c1-2-18-11-7-9(13(14,15)16)8-12(19-11)20-10-3-5-17-6-4-10/h3-8H,2H2,1H3,(H,18,19). The molecule has 20 heavy (non-hydrogen) atoms. The molecule has 2 aromatic heterocycles. The van der Waals surface area contributed by atoms with Crippen molar-refractivity contribution < 1.29 is 13.2 Å². The summed E-state index contributed by atoms with van der Waals surface area (Å²) in [5, 5.41) is 3.10. The summed E-state index contributed by atoms with van der Waals surface area (Å²) in [6.45, 7) is 2.31. The number of rotatable bonds is 4. The molecule has 0 bridgehead atoms. The summed E-state index contributed by atoms with van der Waals surface area (Å²) in [7, 11) is 0. The van der Waals surface area contributed by atoms with E-state index in [1.807, 2.05) is 0 Å². The van der Waals surface area contributed by atoms with Crippen LogP contribution in [0.15, 0.2) is 46.6 Å². The maximum absolute atomic E-state index is 12.9. The molecule has 2 rings (SSSR count). The highest BCUT2D eigenvalue weighted by Gasteiger charge is 2.31. The highest BCUT2D eigenvalue weighted by atomic mass is 32.2. The summed E-state index contributed by atoms with van der Waals surface area (Å²) in [4.78, 5) is 8.81. The van der Waals surface area contributed by atoms with Gasteiger partial charge in [0.2, 0.25) is 0 Å². The minimum atomic E-state index is -4.39. The largest absolute Gasteiger partial charge is 0.416 e. The third-order valence-electron chi connectivity index (χ3n) is 2.36. The molecule has 0 aliphatic carbocycles. The van der Waals surface area contributed by atoms with E-state index < -0.39 is 11.7 Å². The first-order valence-corrected chi connectivity index (χ1v) is 6.71. The van der Waals surface area contributed by atoms with Gasteiger partial charge in [0.05, 0.1) is 5.56 Å². The number of hydrogen-bond acceptors (Lipinski definition) is 4. The molecule has 7 heteroatoms. The Labute approximate surface area is 118 Å². The van der Waals surface area contributed by atoms with Crippen LogP contribution in [0.4, 0.5) is 19.0 Å². The van der Waals surface area contributed by atoms with Gasteiger partial charge in [-0.1, -0.05) is 11.8 Å². The molecular formula is C13H12F3N3S. The number of aromatic nitrogens is 2. The van der Waals surface area contributed by atoms with Crippen LogP contribution >= 0.6 is 11.8 Å². The van der Waals surface area contributed by atoms with Gasteiger partial charge < -0.3 is 5.32 Å². The molecule has 0 aliphatic heterocycles. The Balaban J connectivity index is 2.34. The Morgan fingerprint density at radius 3 is 2.50 bits per heavy atom. The molecule has 0 radical (unpaired) electrons. The molecule has 0 fully saturated rings. The van der Waals surface area contributed by atoms with Crippen LogP contribution in [0.1, 0.15) is 12.5 Å². The van der Waals surface area contributed by atoms with Crippen molar-refractivity contribution in [3.05, 3.63) is 42.2 Å². The molecule has 0 spiro atoms. The Morgan fingerprint density at radius 1 is 1.20 bits per heavy atom. The number of hydrogen-bond donors (Lipinski definition) is 1. The van der Waals surface area contributed by atoms with Crippen LogP contribution in [0.2, 0.25) is 0 Å². The Bertz CT molecular complexity index is 573. The van der Waals surface area contributed by atoms with Gasteiger partial charge in [0.25, 0.3) is 0 Å². The zero-order chi connectivity index (χ0) is 14.6. The van der Waals surface area contributed by atoms with Crippen LogP contribution in [0.5, 0.6) is 0 Å². The zero-order valence-electron chi connectivity index (χ0n) is 10.6. The summed E-state index contributed by atoms with van der Waals surface area (Å²) in [6.07, 6.45) is -1.22. The van der Waals surface area contributed by atoms with Gasteiger partial charge in [0.15, 0.2) is 0 Å². The molecular weight excluding hydrogens is 287 g/mol. The van der Waals surface area contributed by atoms with E-state index in [2.05, 4.69) is 15.3 Å². The average Bonchev–Trinajstić information content (AvgIpc) is 2.39. The lowest BCUT2D eigenvalue weighted by Crippen LogP contribution is -2.08. The Morgan fingerprint density at radius 2 is 1.90 bits per heavy atom. The maximum atomic E-state index is 12.9. The van der Waals surface area contributed by atoms with Crippen LogP contribution in [0.3, 0.4) is 0 Å². The van der Waals surface area contributed by atoms with Crippen molar-refractivity contribution >= 4 is 17.6 Å². The number of pyridine rings is 2. The van der Waals surface area contributed by atoms with Crippen molar-refractivity contribution in [2.45, 2.75) is 23.0 Å². The van der Waals surface area contributed by atoms with Gasteiger partial charge in [0, 0.05) is 23.8 Å². The van der Waals surface area contributed by atoms with E-state index in [0.29, 0.717) is 11.6 Å². The van der Waals surface area contributed by atoms with Gasteiger partial charge in [-0.05, 0) is 31.2 Å². The van der Waals surface area contributed by atoms with E-state index in [4.69, 9.17) is 0 Å². The molecule has 0 unspecified atom stereocenters. The normalized spacial score (nSPS) is 11.4. The second-order valence-corrected chi connectivity index (χ2v) is 4.99. The molecule has 0 aliphatic rings. The van der Waals surface area contributed by atoms with Gasteiger partial charge in [-0.3, -0.25) is 4.98 Å². The van der Waals surface area contributed by atoms with E-state index >= 15 is 0 Å². The highest BCUT2D eigenvalue weighted by Crippen LogP contribution is 2.34. The van der Waals surface area contributed by atoms with Gasteiger partial charge in [-0.15, -0.1) is 0 Å². The van der Waals surface area contributed by atoms with Gasteiger partial charge >= 0.3 is 6.18 Å². The third-order valence-corrected chi connectivity index (χ3v) is 3.29. The van der Waals surface area contributed by atoms with Crippen molar-refractivity contribution in [3.8, 4) is 0 Å². The molecule has 3 nitrogen and oxygen atoms in total. The first-order chi connectivity index (χ1) is 9.49. The van der Waals surface area contributed by atoms with Gasteiger partial charge in [-0.25, -0.2) is 4.98 Å². The fourth-order valence-electron chi connectivity index (χ4n) is 1.52. The second-order valence-electron chi connectivity index (χ2n) is 3.89. The molecule has 0 atom stereocenters. The van der Waals surface area contributed by atoms with Crippen LogP contribution in [-0.2, 0) is 6.18 Å². The summed E-state index contributed by atoms with van der Waals surface area (Å²) in [6, 6.07) is 5.51. The topological polar surface area (TPSA) is 37.8 Å². The predicted molar refractivity (Wildman–Crippen MR) is 71.8 cm³/mol. The van der Waals surface area contributed by atoms with Gasteiger partial charge in [-0.2, -0.15) is 13.2 Å². The minimum Gasteiger partial charge on any atom is -0.370 e. The lowest BCUT2D eigenvalue weighted by Gasteiger charge is -2.11. The van der Waals surface area contributed by atoms with Crippen molar-refractivity contribution in [1.82, 2.24) is 9.97 Å². The fourth-order valence-corrected chi connectivity index (χ4v) is 2.35.